The standard InChI is InChI=1S/C19H20ClN5OS/c1-10-11(2)23-24-19-15(10)16(21)17(27-19)18(26)22-13-7-8-25(9-13)14-5-3-12(20)4-6-14/h3-6,13H,7-9,21H2,1-2H3,(H,22,26). The highest BCUT2D eigenvalue weighted by atomic mass is 35.5. The van der Waals surface area contributed by atoms with Crippen LogP contribution in [0.5, 0.6) is 0 Å². The molecule has 3 N–H and O–H groups in total. The van der Waals surface area contributed by atoms with Crippen LogP contribution < -0.4 is 16.0 Å². The highest BCUT2D eigenvalue weighted by Gasteiger charge is 2.27. The molecule has 140 valence electrons. The van der Waals surface area contributed by atoms with Crippen molar-refractivity contribution in [2.24, 2.45) is 0 Å². The van der Waals surface area contributed by atoms with Gasteiger partial charge in [0.2, 0.25) is 0 Å². The van der Waals surface area contributed by atoms with Gasteiger partial charge in [0, 0.05) is 35.2 Å². The zero-order valence-corrected chi connectivity index (χ0v) is 16.7. The van der Waals surface area contributed by atoms with E-state index in [9.17, 15) is 4.79 Å². The van der Waals surface area contributed by atoms with E-state index in [4.69, 9.17) is 17.3 Å². The van der Waals surface area contributed by atoms with Gasteiger partial charge in [-0.25, -0.2) is 0 Å². The normalized spacial score (nSPS) is 16.9. The van der Waals surface area contributed by atoms with Crippen LogP contribution in [0.1, 0.15) is 27.3 Å². The molecule has 1 amide bonds. The number of nitrogens with two attached hydrogens (primary N) is 1. The maximum atomic E-state index is 12.8. The number of hydrogen-bond donors (Lipinski definition) is 2. The number of aryl methyl sites for hydroxylation is 2. The molecule has 27 heavy (non-hydrogen) atoms. The van der Waals surface area contributed by atoms with Gasteiger partial charge in [-0.1, -0.05) is 11.6 Å². The van der Waals surface area contributed by atoms with Crippen molar-refractivity contribution < 1.29 is 4.79 Å². The Kier molecular flexibility index (Phi) is 4.65. The van der Waals surface area contributed by atoms with Crippen molar-refractivity contribution in [2.45, 2.75) is 26.3 Å². The molecule has 0 bridgehead atoms. The monoisotopic (exact) mass is 401 g/mol. The summed E-state index contributed by atoms with van der Waals surface area (Å²) >= 11 is 7.26. The van der Waals surface area contributed by atoms with Gasteiger partial charge in [-0.05, 0) is 50.1 Å². The Morgan fingerprint density at radius 3 is 2.78 bits per heavy atom. The van der Waals surface area contributed by atoms with E-state index in [2.05, 4.69) is 20.4 Å². The average Bonchev–Trinajstić information content (AvgIpc) is 3.24. The van der Waals surface area contributed by atoms with Gasteiger partial charge in [0.05, 0.1) is 11.4 Å². The molecule has 1 aliphatic rings. The summed E-state index contributed by atoms with van der Waals surface area (Å²) in [4.78, 5) is 16.3. The maximum Gasteiger partial charge on any atom is 0.263 e. The first kappa shape index (κ1) is 18.0. The molecule has 8 heteroatoms. The fraction of sp³-hybridized carbons (Fsp3) is 0.316. The van der Waals surface area contributed by atoms with Gasteiger partial charge >= 0.3 is 0 Å². The van der Waals surface area contributed by atoms with E-state index in [-0.39, 0.29) is 11.9 Å². The lowest BCUT2D eigenvalue weighted by Gasteiger charge is -2.19. The number of carbonyl (C=O) groups is 1. The highest BCUT2D eigenvalue weighted by molar-refractivity contribution is 7.21. The molecular weight excluding hydrogens is 382 g/mol. The Morgan fingerprint density at radius 2 is 2.04 bits per heavy atom. The van der Waals surface area contributed by atoms with Gasteiger partial charge in [0.1, 0.15) is 9.71 Å². The molecule has 0 saturated carbocycles. The van der Waals surface area contributed by atoms with E-state index in [1.165, 1.54) is 11.3 Å². The Balaban J connectivity index is 1.50. The summed E-state index contributed by atoms with van der Waals surface area (Å²) in [6.07, 6.45) is 0.886. The van der Waals surface area contributed by atoms with Crippen LogP contribution in [0.25, 0.3) is 10.2 Å². The van der Waals surface area contributed by atoms with Crippen LogP contribution in [0.4, 0.5) is 11.4 Å². The van der Waals surface area contributed by atoms with Crippen molar-refractivity contribution in [1.29, 1.82) is 0 Å². The van der Waals surface area contributed by atoms with Gasteiger partial charge in [-0.2, -0.15) is 5.10 Å². The number of thiophene rings is 1. The Bertz CT molecular complexity index is 1020. The minimum absolute atomic E-state index is 0.0757. The molecule has 0 aliphatic carbocycles. The van der Waals surface area contributed by atoms with E-state index in [1.807, 2.05) is 38.1 Å². The lowest BCUT2D eigenvalue weighted by molar-refractivity contribution is 0.0945. The van der Waals surface area contributed by atoms with Crippen LogP contribution in [0.2, 0.25) is 5.02 Å². The molecule has 1 atom stereocenters. The highest BCUT2D eigenvalue weighted by Crippen LogP contribution is 2.35. The minimum atomic E-state index is -0.143. The number of nitrogen functional groups attached to an aromatic ring is 1. The molecule has 6 nitrogen and oxygen atoms in total. The van der Waals surface area contributed by atoms with Crippen molar-refractivity contribution in [3.05, 3.63) is 45.4 Å². The van der Waals surface area contributed by atoms with Crippen molar-refractivity contribution in [2.75, 3.05) is 23.7 Å². The molecule has 1 saturated heterocycles. The largest absolute Gasteiger partial charge is 0.397 e. The molecule has 3 heterocycles. The van der Waals surface area contributed by atoms with E-state index in [0.717, 1.165) is 46.9 Å². The first-order valence-corrected chi connectivity index (χ1v) is 9.96. The second-order valence-electron chi connectivity index (χ2n) is 6.82. The fourth-order valence-corrected chi connectivity index (χ4v) is 4.55. The molecule has 3 aromatic rings. The molecule has 4 rings (SSSR count). The van der Waals surface area contributed by atoms with Crippen LogP contribution in [0.3, 0.4) is 0 Å². The summed E-state index contributed by atoms with van der Waals surface area (Å²) in [5.41, 5.74) is 9.68. The van der Waals surface area contributed by atoms with Crippen LogP contribution >= 0.6 is 22.9 Å². The summed E-state index contributed by atoms with van der Waals surface area (Å²) in [6.45, 7) is 5.49. The van der Waals surface area contributed by atoms with Gasteiger partial charge in [0.25, 0.3) is 5.91 Å². The van der Waals surface area contributed by atoms with Crippen LogP contribution in [0, 0.1) is 13.8 Å². The number of amides is 1. The number of anilines is 2. The SMILES string of the molecule is Cc1nnc2sc(C(=O)NC3CCN(c4ccc(Cl)cc4)C3)c(N)c2c1C. The number of carbonyl (C=O) groups excluding carboxylic acids is 1. The van der Waals surface area contributed by atoms with E-state index in [0.29, 0.717) is 15.4 Å². The van der Waals surface area contributed by atoms with Crippen molar-refractivity contribution in [3.8, 4) is 0 Å². The van der Waals surface area contributed by atoms with Crippen LogP contribution in [-0.4, -0.2) is 35.2 Å². The number of halogens is 1. The lowest BCUT2D eigenvalue weighted by atomic mass is 10.1. The number of aromatic nitrogens is 2. The molecule has 1 fully saturated rings. The average molecular weight is 402 g/mol. The topological polar surface area (TPSA) is 84.1 Å². The minimum Gasteiger partial charge on any atom is -0.397 e. The number of fused-ring (bicyclic) bond motifs is 1. The predicted molar refractivity (Wildman–Crippen MR) is 111 cm³/mol. The van der Waals surface area contributed by atoms with E-state index < -0.39 is 0 Å². The number of nitrogens with zero attached hydrogens (tertiary/aromatic N) is 3. The Hall–Kier alpha value is -2.38. The number of benzene rings is 1. The number of rotatable bonds is 3. The van der Waals surface area contributed by atoms with Gasteiger partial charge in [-0.15, -0.1) is 16.4 Å². The number of hydrogen-bond acceptors (Lipinski definition) is 6. The smallest absolute Gasteiger partial charge is 0.263 e. The van der Waals surface area contributed by atoms with Gasteiger partial charge in [0.15, 0.2) is 0 Å². The molecular formula is C19H20ClN5OS. The molecule has 2 aromatic heterocycles. The summed E-state index contributed by atoms with van der Waals surface area (Å²) in [6, 6.07) is 7.84. The third kappa shape index (κ3) is 3.33. The predicted octanol–water partition coefficient (Wildman–Crippen LogP) is 3.55. The zero-order chi connectivity index (χ0) is 19.1. The summed E-state index contributed by atoms with van der Waals surface area (Å²) in [5.74, 6) is -0.143. The summed E-state index contributed by atoms with van der Waals surface area (Å²) < 4.78 is 0. The van der Waals surface area contributed by atoms with Crippen molar-refractivity contribution in [3.63, 3.8) is 0 Å². The molecule has 1 unspecified atom stereocenters. The third-order valence-electron chi connectivity index (χ3n) is 5.06. The summed E-state index contributed by atoms with van der Waals surface area (Å²) in [7, 11) is 0. The quantitative estimate of drug-likeness (QED) is 0.701. The Labute approximate surface area is 166 Å². The Morgan fingerprint density at radius 1 is 1.30 bits per heavy atom. The second-order valence-corrected chi connectivity index (χ2v) is 8.25. The zero-order valence-electron chi connectivity index (χ0n) is 15.1. The molecule has 1 aromatic carbocycles. The first-order chi connectivity index (χ1) is 12.9. The van der Waals surface area contributed by atoms with E-state index in [1.54, 1.807) is 0 Å². The molecule has 0 radical (unpaired) electrons. The van der Waals surface area contributed by atoms with Crippen molar-refractivity contribution >= 4 is 50.4 Å². The van der Waals surface area contributed by atoms with Crippen molar-refractivity contribution in [1.82, 2.24) is 15.5 Å². The lowest BCUT2D eigenvalue weighted by Crippen LogP contribution is -2.37. The second kappa shape index (κ2) is 6.98. The van der Waals surface area contributed by atoms with Gasteiger partial charge < -0.3 is 16.0 Å². The fourth-order valence-electron chi connectivity index (χ4n) is 3.42. The first-order valence-electron chi connectivity index (χ1n) is 8.77. The van der Waals surface area contributed by atoms with Crippen LogP contribution in [0.15, 0.2) is 24.3 Å². The maximum absolute atomic E-state index is 12.8. The number of nitrogens with one attached hydrogen (secondary N) is 1. The van der Waals surface area contributed by atoms with E-state index >= 15 is 0 Å². The third-order valence-corrected chi connectivity index (χ3v) is 6.40. The van der Waals surface area contributed by atoms with Crippen LogP contribution in [-0.2, 0) is 0 Å². The molecule has 0 spiro atoms. The molecule has 1 aliphatic heterocycles. The van der Waals surface area contributed by atoms with Gasteiger partial charge in [-0.3, -0.25) is 4.79 Å². The summed E-state index contributed by atoms with van der Waals surface area (Å²) in [5, 5.41) is 13.0.